The van der Waals surface area contributed by atoms with Gasteiger partial charge in [-0.25, -0.2) is 0 Å². The molecule has 1 atom stereocenters. The minimum absolute atomic E-state index is 0.353. The van der Waals surface area contributed by atoms with Crippen LogP contribution in [-0.4, -0.2) is 6.04 Å². The Hall–Kier alpha value is -1.38. The van der Waals surface area contributed by atoms with Crippen LogP contribution < -0.4 is 11.3 Å². The highest BCUT2D eigenvalue weighted by atomic mass is 15.2. The number of nitrogens with one attached hydrogen (secondary N) is 1. The van der Waals surface area contributed by atoms with Crippen LogP contribution in [0.4, 0.5) is 0 Å². The molecule has 0 aliphatic carbocycles. The van der Waals surface area contributed by atoms with Crippen molar-refractivity contribution in [3.63, 3.8) is 0 Å². The van der Waals surface area contributed by atoms with E-state index in [1.54, 1.807) is 0 Å². The van der Waals surface area contributed by atoms with E-state index in [-0.39, 0.29) is 0 Å². The maximum atomic E-state index is 5.53. The second kappa shape index (κ2) is 5.10. The molecule has 2 rings (SSSR count). The smallest absolute Gasteiger partial charge is 0.0248 e. The zero-order valence-electron chi connectivity index (χ0n) is 9.61. The molecule has 0 amide bonds. The number of hydrogen-bond acceptors (Lipinski definition) is 2. The van der Waals surface area contributed by atoms with Crippen molar-refractivity contribution in [3.8, 4) is 0 Å². The molecule has 2 nitrogen and oxygen atoms in total. The van der Waals surface area contributed by atoms with Crippen LogP contribution >= 0.6 is 0 Å². The van der Waals surface area contributed by atoms with Crippen LogP contribution in [0, 0.1) is 0 Å². The lowest BCUT2D eigenvalue weighted by Gasteiger charge is -2.14. The Labute approximate surface area is 96.4 Å². The van der Waals surface area contributed by atoms with Crippen LogP contribution in [-0.2, 0) is 6.42 Å². The largest absolute Gasteiger partial charge is 0.271 e. The third-order valence-corrected chi connectivity index (χ3v) is 3.07. The van der Waals surface area contributed by atoms with E-state index in [9.17, 15) is 0 Å². The third kappa shape index (κ3) is 2.23. The summed E-state index contributed by atoms with van der Waals surface area (Å²) in [5, 5.41) is 2.63. The summed E-state index contributed by atoms with van der Waals surface area (Å²) in [5.41, 5.74) is 4.23. The Balaban J connectivity index is 2.36. The molecule has 0 saturated carbocycles. The van der Waals surface area contributed by atoms with Crippen molar-refractivity contribution in [1.82, 2.24) is 5.43 Å². The summed E-state index contributed by atoms with van der Waals surface area (Å²) in [4.78, 5) is 0. The normalized spacial score (nSPS) is 12.9. The molecule has 3 N–H and O–H groups in total. The molecule has 0 fully saturated rings. The first kappa shape index (κ1) is 11.1. The molecule has 16 heavy (non-hydrogen) atoms. The van der Waals surface area contributed by atoms with Gasteiger partial charge in [-0.05, 0) is 29.2 Å². The molecule has 2 aromatic rings. The van der Waals surface area contributed by atoms with E-state index >= 15 is 0 Å². The molecule has 2 heteroatoms. The molecule has 84 valence electrons. The highest BCUT2D eigenvalue weighted by Crippen LogP contribution is 2.20. The molecule has 0 radical (unpaired) electrons. The van der Waals surface area contributed by atoms with E-state index in [0.717, 1.165) is 12.8 Å². The predicted molar refractivity (Wildman–Crippen MR) is 69.1 cm³/mol. The van der Waals surface area contributed by atoms with Gasteiger partial charge in [-0.1, -0.05) is 49.4 Å². The van der Waals surface area contributed by atoms with Gasteiger partial charge in [0.05, 0.1) is 0 Å². The van der Waals surface area contributed by atoms with Gasteiger partial charge in [0.15, 0.2) is 0 Å². The molecular weight excluding hydrogens is 196 g/mol. The van der Waals surface area contributed by atoms with Crippen LogP contribution in [0.25, 0.3) is 10.8 Å². The lowest BCUT2D eigenvalue weighted by atomic mass is 9.98. The van der Waals surface area contributed by atoms with Gasteiger partial charge in [0.1, 0.15) is 0 Å². The molecular formula is C14H18N2. The topological polar surface area (TPSA) is 38.0 Å². The Morgan fingerprint density at radius 1 is 1.12 bits per heavy atom. The first-order chi connectivity index (χ1) is 7.85. The average Bonchev–Trinajstić information content (AvgIpc) is 2.36. The second-order valence-electron chi connectivity index (χ2n) is 4.11. The quantitative estimate of drug-likeness (QED) is 0.606. The van der Waals surface area contributed by atoms with Gasteiger partial charge in [0.2, 0.25) is 0 Å². The molecule has 0 aliphatic heterocycles. The monoisotopic (exact) mass is 214 g/mol. The van der Waals surface area contributed by atoms with Gasteiger partial charge >= 0.3 is 0 Å². The number of benzene rings is 2. The van der Waals surface area contributed by atoms with Crippen molar-refractivity contribution in [3.05, 3.63) is 48.0 Å². The van der Waals surface area contributed by atoms with Crippen LogP contribution in [0.2, 0.25) is 0 Å². The number of rotatable bonds is 4. The fourth-order valence-corrected chi connectivity index (χ4v) is 2.06. The highest BCUT2D eigenvalue weighted by Gasteiger charge is 2.07. The Morgan fingerprint density at radius 2 is 1.88 bits per heavy atom. The van der Waals surface area contributed by atoms with E-state index in [2.05, 4.69) is 54.8 Å². The molecule has 0 saturated heterocycles. The molecule has 0 heterocycles. The standard InChI is InChI=1S/C14H18N2/c1-2-13(16-15)10-12-8-5-7-11-6-3-4-9-14(11)12/h3-9,13,16H,2,10,15H2,1H3. The number of fused-ring (bicyclic) bond motifs is 1. The fraction of sp³-hybridized carbons (Fsp3) is 0.286. The van der Waals surface area contributed by atoms with Gasteiger partial charge in [-0.2, -0.15) is 0 Å². The van der Waals surface area contributed by atoms with Crippen molar-refractivity contribution in [2.45, 2.75) is 25.8 Å². The van der Waals surface area contributed by atoms with Gasteiger partial charge < -0.3 is 0 Å². The van der Waals surface area contributed by atoms with Crippen molar-refractivity contribution in [2.24, 2.45) is 5.84 Å². The van der Waals surface area contributed by atoms with Crippen molar-refractivity contribution < 1.29 is 0 Å². The predicted octanol–water partition coefficient (Wildman–Crippen LogP) is 2.62. The lowest BCUT2D eigenvalue weighted by Crippen LogP contribution is -2.36. The van der Waals surface area contributed by atoms with Crippen LogP contribution in [0.3, 0.4) is 0 Å². The number of nitrogens with two attached hydrogens (primary N) is 1. The number of hydrogen-bond donors (Lipinski definition) is 2. The van der Waals surface area contributed by atoms with Crippen LogP contribution in [0.5, 0.6) is 0 Å². The molecule has 0 spiro atoms. The minimum atomic E-state index is 0.353. The summed E-state index contributed by atoms with van der Waals surface area (Å²) in [6, 6.07) is 15.3. The van der Waals surface area contributed by atoms with Crippen molar-refractivity contribution in [2.75, 3.05) is 0 Å². The van der Waals surface area contributed by atoms with Gasteiger partial charge in [0.25, 0.3) is 0 Å². The molecule has 2 aromatic carbocycles. The SMILES string of the molecule is CCC(Cc1cccc2ccccc12)NN. The molecule has 0 aromatic heterocycles. The summed E-state index contributed by atoms with van der Waals surface area (Å²) < 4.78 is 0. The first-order valence-electron chi connectivity index (χ1n) is 5.78. The van der Waals surface area contributed by atoms with Gasteiger partial charge in [0, 0.05) is 6.04 Å². The van der Waals surface area contributed by atoms with E-state index in [0.29, 0.717) is 6.04 Å². The van der Waals surface area contributed by atoms with Gasteiger partial charge in [-0.15, -0.1) is 0 Å². The summed E-state index contributed by atoms with van der Waals surface area (Å²) in [6.45, 7) is 2.15. The average molecular weight is 214 g/mol. The Kier molecular flexibility index (Phi) is 3.54. The molecule has 0 aliphatic rings. The number of hydrazine groups is 1. The second-order valence-corrected chi connectivity index (χ2v) is 4.11. The van der Waals surface area contributed by atoms with Crippen LogP contribution in [0.1, 0.15) is 18.9 Å². The summed E-state index contributed by atoms with van der Waals surface area (Å²) >= 11 is 0. The van der Waals surface area contributed by atoms with Gasteiger partial charge in [-0.3, -0.25) is 11.3 Å². The molecule has 1 unspecified atom stereocenters. The summed E-state index contributed by atoms with van der Waals surface area (Å²) in [7, 11) is 0. The Bertz CT molecular complexity index is 456. The fourth-order valence-electron chi connectivity index (χ4n) is 2.06. The van der Waals surface area contributed by atoms with Crippen molar-refractivity contribution >= 4 is 10.8 Å². The summed E-state index contributed by atoms with van der Waals surface area (Å²) in [5.74, 6) is 5.53. The molecule has 0 bridgehead atoms. The van der Waals surface area contributed by atoms with E-state index in [4.69, 9.17) is 5.84 Å². The van der Waals surface area contributed by atoms with Crippen LogP contribution in [0.15, 0.2) is 42.5 Å². The zero-order chi connectivity index (χ0) is 11.4. The highest BCUT2D eigenvalue weighted by molar-refractivity contribution is 5.85. The van der Waals surface area contributed by atoms with E-state index in [1.165, 1.54) is 16.3 Å². The zero-order valence-corrected chi connectivity index (χ0v) is 9.61. The maximum Gasteiger partial charge on any atom is 0.0248 e. The minimum Gasteiger partial charge on any atom is -0.271 e. The summed E-state index contributed by atoms with van der Waals surface area (Å²) in [6.07, 6.45) is 2.02. The first-order valence-corrected chi connectivity index (χ1v) is 5.78. The van der Waals surface area contributed by atoms with E-state index < -0.39 is 0 Å². The van der Waals surface area contributed by atoms with Crippen molar-refractivity contribution in [1.29, 1.82) is 0 Å². The van der Waals surface area contributed by atoms with E-state index in [1.807, 2.05) is 0 Å². The Morgan fingerprint density at radius 3 is 2.62 bits per heavy atom. The maximum absolute atomic E-state index is 5.53. The third-order valence-electron chi connectivity index (χ3n) is 3.07. The lowest BCUT2D eigenvalue weighted by molar-refractivity contribution is 0.512.